The molecule has 0 saturated heterocycles. The molecule has 0 heterocycles. The first kappa shape index (κ1) is 23.8. The number of carbonyl (C=O) groups excluding carboxylic acids is 2. The van der Waals surface area contributed by atoms with Gasteiger partial charge in [-0.1, -0.05) is 65.2 Å². The third-order valence-electron chi connectivity index (χ3n) is 4.17. The van der Waals surface area contributed by atoms with Gasteiger partial charge in [0, 0.05) is 6.42 Å². The molecule has 0 saturated carbocycles. The minimum Gasteiger partial charge on any atom is -0.394 e. The van der Waals surface area contributed by atoms with Crippen LogP contribution in [0.3, 0.4) is 0 Å². The van der Waals surface area contributed by atoms with E-state index in [1.54, 1.807) is 6.92 Å². The van der Waals surface area contributed by atoms with Crippen LogP contribution in [-0.4, -0.2) is 46.1 Å². The summed E-state index contributed by atoms with van der Waals surface area (Å²) in [5, 5.41) is 28.6. The Hall–Kier alpha value is -1.18. The van der Waals surface area contributed by atoms with Crippen LogP contribution in [0.4, 0.5) is 0 Å². The van der Waals surface area contributed by atoms with Gasteiger partial charge in [0.05, 0.1) is 18.6 Å². The van der Waals surface area contributed by atoms with Gasteiger partial charge in [0.15, 0.2) is 0 Å². The van der Waals surface area contributed by atoms with Crippen LogP contribution in [-0.2, 0) is 19.4 Å². The Morgan fingerprint density at radius 2 is 1.44 bits per heavy atom. The molecule has 0 amide bonds. The zero-order chi connectivity index (χ0) is 19.1. The van der Waals surface area contributed by atoms with E-state index >= 15 is 0 Å². The van der Waals surface area contributed by atoms with E-state index in [9.17, 15) is 19.8 Å². The number of carbonyl (C=O) groups is 2. The lowest BCUT2D eigenvalue weighted by molar-refractivity contribution is -0.265. The highest BCUT2D eigenvalue weighted by Crippen LogP contribution is 2.20. The Labute approximate surface area is 150 Å². The number of aliphatic hydroxyl groups is 3. The molecule has 0 aliphatic rings. The fourth-order valence-electron chi connectivity index (χ4n) is 2.51. The van der Waals surface area contributed by atoms with E-state index in [1.807, 2.05) is 0 Å². The minimum absolute atomic E-state index is 0.0534. The Morgan fingerprint density at radius 1 is 0.880 bits per heavy atom. The van der Waals surface area contributed by atoms with E-state index in [0.29, 0.717) is 6.42 Å². The predicted octanol–water partition coefficient (Wildman–Crippen LogP) is 2.26. The van der Waals surface area contributed by atoms with Crippen LogP contribution in [0.25, 0.3) is 0 Å². The molecule has 0 aromatic rings. The molecular weight excluding hydrogens is 328 g/mol. The lowest BCUT2D eigenvalue weighted by atomic mass is 9.92. The number of aliphatic hydroxyl groups excluding tert-OH is 3. The molecule has 7 heteroatoms. The second-order valence-corrected chi connectivity index (χ2v) is 6.32. The SMILES string of the molecule is CCCCCCCCCCC(C(=O)OOC(=O)CC)C(O)C(O)CO. The first-order valence-corrected chi connectivity index (χ1v) is 9.36. The maximum Gasteiger partial charge on any atom is 0.361 e. The molecule has 3 N–H and O–H groups in total. The van der Waals surface area contributed by atoms with Crippen molar-refractivity contribution in [3.63, 3.8) is 0 Å². The smallest absolute Gasteiger partial charge is 0.361 e. The van der Waals surface area contributed by atoms with Gasteiger partial charge in [-0.15, -0.1) is 0 Å². The molecule has 0 radical (unpaired) electrons. The summed E-state index contributed by atoms with van der Waals surface area (Å²) in [5.41, 5.74) is 0. The maximum atomic E-state index is 12.0. The van der Waals surface area contributed by atoms with Crippen LogP contribution in [0.2, 0.25) is 0 Å². The van der Waals surface area contributed by atoms with E-state index in [4.69, 9.17) is 5.11 Å². The molecule has 3 atom stereocenters. The molecule has 0 aromatic carbocycles. The monoisotopic (exact) mass is 362 g/mol. The molecule has 0 aliphatic heterocycles. The number of hydrogen-bond donors (Lipinski definition) is 3. The zero-order valence-electron chi connectivity index (χ0n) is 15.5. The molecule has 0 spiro atoms. The standard InChI is InChI=1S/C18H34O7/c1-3-5-6-7-8-9-10-11-12-14(17(22)15(20)13-19)18(23)25-24-16(21)4-2/h14-15,17,19-20,22H,3-13H2,1-2H3. The summed E-state index contributed by atoms with van der Waals surface area (Å²) < 4.78 is 0. The second kappa shape index (κ2) is 15.1. The molecular formula is C18H34O7. The number of rotatable bonds is 14. The van der Waals surface area contributed by atoms with E-state index in [-0.39, 0.29) is 12.8 Å². The summed E-state index contributed by atoms with van der Waals surface area (Å²) in [6.07, 6.45) is 6.03. The van der Waals surface area contributed by atoms with Crippen molar-refractivity contribution in [1.82, 2.24) is 0 Å². The van der Waals surface area contributed by atoms with E-state index < -0.39 is 36.7 Å². The van der Waals surface area contributed by atoms with Gasteiger partial charge in [0.1, 0.15) is 6.10 Å². The van der Waals surface area contributed by atoms with Crippen molar-refractivity contribution in [1.29, 1.82) is 0 Å². The van der Waals surface area contributed by atoms with Crippen LogP contribution in [0, 0.1) is 5.92 Å². The first-order chi connectivity index (χ1) is 12.0. The van der Waals surface area contributed by atoms with Crippen molar-refractivity contribution in [3.05, 3.63) is 0 Å². The summed E-state index contributed by atoms with van der Waals surface area (Å²) in [7, 11) is 0. The van der Waals surface area contributed by atoms with Crippen molar-refractivity contribution in [2.75, 3.05) is 6.61 Å². The highest BCUT2D eigenvalue weighted by Gasteiger charge is 2.34. The van der Waals surface area contributed by atoms with Crippen molar-refractivity contribution in [2.24, 2.45) is 5.92 Å². The zero-order valence-corrected chi connectivity index (χ0v) is 15.5. The topological polar surface area (TPSA) is 113 Å². The number of unbranched alkanes of at least 4 members (excludes halogenated alkanes) is 7. The van der Waals surface area contributed by atoms with Crippen LogP contribution < -0.4 is 0 Å². The molecule has 0 fully saturated rings. The highest BCUT2D eigenvalue weighted by molar-refractivity contribution is 5.75. The van der Waals surface area contributed by atoms with Crippen molar-refractivity contribution in [2.45, 2.75) is 90.3 Å². The summed E-state index contributed by atoms with van der Waals surface area (Å²) in [4.78, 5) is 31.9. The van der Waals surface area contributed by atoms with Crippen molar-refractivity contribution < 1.29 is 34.7 Å². The summed E-state index contributed by atoms with van der Waals surface area (Å²) in [6, 6.07) is 0. The number of hydrogen-bond acceptors (Lipinski definition) is 7. The molecule has 3 unspecified atom stereocenters. The van der Waals surface area contributed by atoms with E-state index in [2.05, 4.69) is 16.7 Å². The third-order valence-corrected chi connectivity index (χ3v) is 4.17. The fraction of sp³-hybridized carbons (Fsp3) is 0.889. The fourth-order valence-corrected chi connectivity index (χ4v) is 2.51. The average molecular weight is 362 g/mol. The predicted molar refractivity (Wildman–Crippen MR) is 92.3 cm³/mol. The van der Waals surface area contributed by atoms with Gasteiger partial charge in [-0.3, -0.25) is 0 Å². The van der Waals surface area contributed by atoms with Gasteiger partial charge < -0.3 is 15.3 Å². The lowest BCUT2D eigenvalue weighted by Crippen LogP contribution is -2.40. The molecule has 0 aliphatic carbocycles. The van der Waals surface area contributed by atoms with Gasteiger partial charge in [-0.2, -0.15) is 0 Å². The molecule has 0 aromatic heterocycles. The Bertz CT molecular complexity index is 359. The molecule has 7 nitrogen and oxygen atoms in total. The van der Waals surface area contributed by atoms with Crippen LogP contribution in [0.5, 0.6) is 0 Å². The Morgan fingerprint density at radius 3 is 1.96 bits per heavy atom. The van der Waals surface area contributed by atoms with Crippen molar-refractivity contribution in [3.8, 4) is 0 Å². The van der Waals surface area contributed by atoms with Gasteiger partial charge in [0.25, 0.3) is 0 Å². The van der Waals surface area contributed by atoms with Gasteiger partial charge in [0.2, 0.25) is 0 Å². The van der Waals surface area contributed by atoms with Crippen LogP contribution >= 0.6 is 0 Å². The normalized spacial score (nSPS) is 14.6. The average Bonchev–Trinajstić information content (AvgIpc) is 2.63. The van der Waals surface area contributed by atoms with E-state index in [0.717, 1.165) is 19.3 Å². The van der Waals surface area contributed by atoms with Gasteiger partial charge in [-0.05, 0) is 6.42 Å². The van der Waals surface area contributed by atoms with Crippen LogP contribution in [0.15, 0.2) is 0 Å². The molecule has 0 bridgehead atoms. The van der Waals surface area contributed by atoms with Gasteiger partial charge >= 0.3 is 11.9 Å². The summed E-state index contributed by atoms with van der Waals surface area (Å²) in [6.45, 7) is 3.05. The van der Waals surface area contributed by atoms with Crippen LogP contribution in [0.1, 0.15) is 78.1 Å². The summed E-state index contributed by atoms with van der Waals surface area (Å²) in [5.74, 6) is -2.66. The largest absolute Gasteiger partial charge is 0.394 e. The molecule has 0 rings (SSSR count). The first-order valence-electron chi connectivity index (χ1n) is 9.36. The Kier molecular flexibility index (Phi) is 14.4. The minimum atomic E-state index is -1.47. The highest BCUT2D eigenvalue weighted by atomic mass is 17.2. The molecule has 25 heavy (non-hydrogen) atoms. The molecule has 148 valence electrons. The van der Waals surface area contributed by atoms with E-state index in [1.165, 1.54) is 25.7 Å². The maximum absolute atomic E-state index is 12.0. The van der Waals surface area contributed by atoms with Crippen molar-refractivity contribution >= 4 is 11.9 Å². The second-order valence-electron chi connectivity index (χ2n) is 6.32. The quantitative estimate of drug-likeness (QED) is 0.247. The lowest BCUT2D eigenvalue weighted by Gasteiger charge is -2.23. The Balaban J connectivity index is 4.30. The summed E-state index contributed by atoms with van der Waals surface area (Å²) >= 11 is 0. The van der Waals surface area contributed by atoms with Gasteiger partial charge in [-0.25, -0.2) is 19.4 Å². The third kappa shape index (κ3) is 11.1.